The lowest BCUT2D eigenvalue weighted by molar-refractivity contribution is 1.29. The summed E-state index contributed by atoms with van der Waals surface area (Å²) in [6, 6.07) is 70.0. The number of aromatic nitrogens is 2. The number of fused-ring (bicyclic) bond motifs is 7. The summed E-state index contributed by atoms with van der Waals surface area (Å²) >= 11 is 0. The normalized spacial score (nSPS) is 11.7. The monoisotopic (exact) mass is 684 g/mol. The van der Waals surface area contributed by atoms with Crippen LogP contribution in [-0.2, 0) is 0 Å². The third-order valence-electron chi connectivity index (χ3n) is 11.0. The molecule has 0 amide bonds. The number of rotatable bonds is 4. The molecule has 0 spiro atoms. The molecule has 0 fully saturated rings. The first-order valence-electron chi connectivity index (χ1n) is 18.5. The summed E-state index contributed by atoms with van der Waals surface area (Å²) in [5.74, 6) is 0. The molecule has 0 N–H and O–H groups in total. The van der Waals surface area contributed by atoms with Gasteiger partial charge < -0.3 is 0 Å². The highest BCUT2D eigenvalue weighted by atomic mass is 14.8. The molecule has 11 aromatic rings. The summed E-state index contributed by atoms with van der Waals surface area (Å²) in [4.78, 5) is 10.5. The van der Waals surface area contributed by atoms with E-state index >= 15 is 0 Å². The van der Waals surface area contributed by atoms with Crippen molar-refractivity contribution in [1.29, 1.82) is 0 Å². The lowest BCUT2D eigenvalue weighted by atomic mass is 9.84. The van der Waals surface area contributed by atoms with Crippen LogP contribution in [0.1, 0.15) is 0 Å². The van der Waals surface area contributed by atoms with Crippen LogP contribution in [0.25, 0.3) is 110 Å². The minimum Gasteiger partial charge on any atom is -0.246 e. The Morgan fingerprint density at radius 2 is 0.759 bits per heavy atom. The first kappa shape index (κ1) is 30.5. The summed E-state index contributed by atoms with van der Waals surface area (Å²) in [6.45, 7) is 0. The van der Waals surface area contributed by atoms with Gasteiger partial charge in [-0.1, -0.05) is 158 Å². The van der Waals surface area contributed by atoms with Crippen LogP contribution < -0.4 is 0 Å². The second-order valence-electron chi connectivity index (χ2n) is 14.1. The first-order valence-corrected chi connectivity index (χ1v) is 18.5. The van der Waals surface area contributed by atoms with E-state index in [4.69, 9.17) is 9.97 Å². The zero-order valence-corrected chi connectivity index (χ0v) is 29.4. The molecule has 11 rings (SSSR count). The fourth-order valence-corrected chi connectivity index (χ4v) is 8.48. The molecule has 0 aliphatic carbocycles. The lowest BCUT2D eigenvalue weighted by Gasteiger charge is -2.19. The van der Waals surface area contributed by atoms with E-state index in [9.17, 15) is 0 Å². The molecule has 0 atom stereocenters. The SMILES string of the molecule is c1cc(-c2ccc3c(-c4ccc5ccccc5c4)c4ccccc4c(-c4ccc5ccccc5c4)c3c2)nc(-c2nc3ccccc3c3ccccc23)c1. The average molecular weight is 685 g/mol. The van der Waals surface area contributed by atoms with E-state index in [1.54, 1.807) is 0 Å². The standard InChI is InChI=1S/C52H32N2/c1-3-14-35-30-38(26-24-33(35)12-1)50-42-18-6-7-19-43(42)51(39-27-25-34-13-2-4-15-36(34)31-39)46-32-37(28-29-44(46)50)47-22-11-23-49(53-47)52-45-20-8-5-16-40(45)41-17-9-10-21-48(41)54-52/h1-32H. The Hall–Kier alpha value is -7.16. The number of nitrogens with zero attached hydrogens (tertiary/aromatic N) is 2. The van der Waals surface area contributed by atoms with E-state index in [0.29, 0.717) is 0 Å². The Balaban J connectivity index is 1.18. The molecule has 9 aromatic carbocycles. The van der Waals surface area contributed by atoms with Crippen molar-refractivity contribution in [2.24, 2.45) is 0 Å². The predicted molar refractivity (Wildman–Crippen MR) is 229 cm³/mol. The average Bonchev–Trinajstić information content (AvgIpc) is 3.24. The maximum absolute atomic E-state index is 5.33. The van der Waals surface area contributed by atoms with Crippen molar-refractivity contribution in [3.8, 4) is 44.9 Å². The van der Waals surface area contributed by atoms with Gasteiger partial charge in [-0.15, -0.1) is 0 Å². The largest absolute Gasteiger partial charge is 0.246 e. The molecule has 0 saturated carbocycles. The molecule has 2 aromatic heterocycles. The molecule has 2 heterocycles. The van der Waals surface area contributed by atoms with Gasteiger partial charge in [-0.2, -0.15) is 0 Å². The van der Waals surface area contributed by atoms with Gasteiger partial charge >= 0.3 is 0 Å². The molecule has 250 valence electrons. The second-order valence-corrected chi connectivity index (χ2v) is 14.1. The van der Waals surface area contributed by atoms with Crippen LogP contribution in [0.15, 0.2) is 194 Å². The fraction of sp³-hybridized carbons (Fsp3) is 0. The van der Waals surface area contributed by atoms with E-state index in [0.717, 1.165) is 38.9 Å². The van der Waals surface area contributed by atoms with Gasteiger partial charge in [0.2, 0.25) is 0 Å². The molecule has 0 aliphatic rings. The number of hydrogen-bond acceptors (Lipinski definition) is 2. The van der Waals surface area contributed by atoms with Crippen LogP contribution in [0.2, 0.25) is 0 Å². The van der Waals surface area contributed by atoms with Gasteiger partial charge in [-0.25, -0.2) is 9.97 Å². The Morgan fingerprint density at radius 1 is 0.259 bits per heavy atom. The van der Waals surface area contributed by atoms with Crippen LogP contribution in [0.3, 0.4) is 0 Å². The van der Waals surface area contributed by atoms with Gasteiger partial charge in [-0.3, -0.25) is 0 Å². The fourth-order valence-electron chi connectivity index (χ4n) is 8.48. The van der Waals surface area contributed by atoms with Gasteiger partial charge in [0.15, 0.2) is 0 Å². The quantitative estimate of drug-likeness (QED) is 0.136. The summed E-state index contributed by atoms with van der Waals surface area (Å²) in [7, 11) is 0. The third kappa shape index (κ3) is 4.88. The van der Waals surface area contributed by atoms with Crippen LogP contribution in [0, 0.1) is 0 Å². The molecule has 0 saturated heterocycles. The van der Waals surface area contributed by atoms with Crippen molar-refractivity contribution in [1.82, 2.24) is 9.97 Å². The van der Waals surface area contributed by atoms with Gasteiger partial charge in [0, 0.05) is 16.3 Å². The minimum atomic E-state index is 0.861. The molecular formula is C52H32N2. The minimum absolute atomic E-state index is 0.861. The van der Waals surface area contributed by atoms with Crippen molar-refractivity contribution in [3.05, 3.63) is 194 Å². The van der Waals surface area contributed by atoms with E-state index in [-0.39, 0.29) is 0 Å². The smallest absolute Gasteiger partial charge is 0.0972 e. The van der Waals surface area contributed by atoms with E-state index < -0.39 is 0 Å². The second kappa shape index (κ2) is 12.2. The lowest BCUT2D eigenvalue weighted by Crippen LogP contribution is -1.94. The van der Waals surface area contributed by atoms with Crippen LogP contribution in [-0.4, -0.2) is 9.97 Å². The van der Waals surface area contributed by atoms with E-state index in [2.05, 4.69) is 194 Å². The van der Waals surface area contributed by atoms with Crippen molar-refractivity contribution in [3.63, 3.8) is 0 Å². The molecule has 2 nitrogen and oxygen atoms in total. The van der Waals surface area contributed by atoms with Crippen LogP contribution in [0.4, 0.5) is 0 Å². The zero-order valence-electron chi connectivity index (χ0n) is 29.4. The topological polar surface area (TPSA) is 25.8 Å². The van der Waals surface area contributed by atoms with Crippen molar-refractivity contribution in [2.75, 3.05) is 0 Å². The number of para-hydroxylation sites is 1. The third-order valence-corrected chi connectivity index (χ3v) is 11.0. The predicted octanol–water partition coefficient (Wildman–Crippen LogP) is 14.1. The van der Waals surface area contributed by atoms with Crippen LogP contribution in [0.5, 0.6) is 0 Å². The van der Waals surface area contributed by atoms with E-state index in [1.165, 1.54) is 70.7 Å². The summed E-state index contributed by atoms with van der Waals surface area (Å²) in [5, 5.41) is 13.3. The highest BCUT2D eigenvalue weighted by Crippen LogP contribution is 2.46. The maximum atomic E-state index is 5.33. The van der Waals surface area contributed by atoms with E-state index in [1.807, 2.05) is 0 Å². The zero-order chi connectivity index (χ0) is 35.6. The highest BCUT2D eigenvalue weighted by molar-refractivity contribution is 6.22. The maximum Gasteiger partial charge on any atom is 0.0972 e. The van der Waals surface area contributed by atoms with Crippen molar-refractivity contribution in [2.45, 2.75) is 0 Å². The molecule has 0 radical (unpaired) electrons. The molecular weight excluding hydrogens is 653 g/mol. The molecule has 0 aliphatic heterocycles. The summed E-state index contributed by atoms with van der Waals surface area (Å²) in [6.07, 6.45) is 0. The highest BCUT2D eigenvalue weighted by Gasteiger charge is 2.19. The van der Waals surface area contributed by atoms with Gasteiger partial charge in [0.25, 0.3) is 0 Å². The van der Waals surface area contributed by atoms with Gasteiger partial charge in [0.05, 0.1) is 22.6 Å². The Kier molecular flexibility index (Phi) is 6.90. The molecule has 54 heavy (non-hydrogen) atoms. The van der Waals surface area contributed by atoms with Crippen molar-refractivity contribution >= 4 is 64.8 Å². The Labute approximate surface area is 312 Å². The van der Waals surface area contributed by atoms with Crippen LogP contribution >= 0.6 is 0 Å². The summed E-state index contributed by atoms with van der Waals surface area (Å²) < 4.78 is 0. The Bertz CT molecular complexity index is 3290. The molecule has 0 unspecified atom stereocenters. The van der Waals surface area contributed by atoms with Gasteiger partial charge in [0.1, 0.15) is 0 Å². The van der Waals surface area contributed by atoms with Crippen molar-refractivity contribution < 1.29 is 0 Å². The van der Waals surface area contributed by atoms with Gasteiger partial charge in [-0.05, 0) is 107 Å². The number of pyridine rings is 2. The first-order chi connectivity index (χ1) is 26.8. The Morgan fingerprint density at radius 3 is 1.44 bits per heavy atom. The number of benzene rings is 9. The number of hydrogen-bond donors (Lipinski definition) is 0. The molecule has 2 heteroatoms. The summed E-state index contributed by atoms with van der Waals surface area (Å²) in [5.41, 5.74) is 9.60. The molecule has 0 bridgehead atoms.